The Morgan fingerprint density at radius 1 is 1.50 bits per heavy atom. The second-order valence-electron chi connectivity index (χ2n) is 2.35. The molecule has 0 aliphatic heterocycles. The van der Waals surface area contributed by atoms with Crippen LogP contribution in [0.3, 0.4) is 0 Å². The number of nitrogens with two attached hydrogens (primary N) is 1. The zero-order chi connectivity index (χ0) is 8.10. The number of hydrogen-bond acceptors (Lipinski definition) is 2. The van der Waals surface area contributed by atoms with E-state index < -0.39 is 0 Å². The molecule has 0 aliphatic rings. The maximum absolute atomic E-state index is 6.99. The van der Waals surface area contributed by atoms with Crippen LogP contribution in [0, 0.1) is 5.41 Å². The number of halogens is 1. The first-order valence-corrected chi connectivity index (χ1v) is 3.52. The van der Waals surface area contributed by atoms with Crippen LogP contribution in [-0.4, -0.2) is 10.8 Å². The molecule has 4 heteroatoms. The number of amidine groups is 1. The molecule has 1 heterocycles. The van der Waals surface area contributed by atoms with Gasteiger partial charge in [0.05, 0.1) is 5.84 Å². The van der Waals surface area contributed by atoms with Gasteiger partial charge in [-0.3, -0.25) is 10.4 Å². The third kappa shape index (κ3) is 3.93. The summed E-state index contributed by atoms with van der Waals surface area (Å²) >= 11 is 0. The fraction of sp³-hybridized carbons (Fsp3) is 0.250. The van der Waals surface area contributed by atoms with Crippen molar-refractivity contribution in [2.75, 3.05) is 0 Å². The number of aromatic nitrogens is 1. The van der Waals surface area contributed by atoms with Crippen LogP contribution in [0.2, 0.25) is 0 Å². The Hall–Kier alpha value is -1.09. The van der Waals surface area contributed by atoms with E-state index in [9.17, 15) is 0 Å². The lowest BCUT2D eigenvalue weighted by molar-refractivity contribution is 0.958. The molecular weight excluding hydrogens is 174 g/mol. The highest BCUT2D eigenvalue weighted by Gasteiger charge is 1.93. The molecule has 1 aromatic rings. The van der Waals surface area contributed by atoms with Crippen LogP contribution in [0.25, 0.3) is 0 Å². The zero-order valence-electron chi connectivity index (χ0n) is 6.66. The lowest BCUT2D eigenvalue weighted by Gasteiger charge is -1.96. The van der Waals surface area contributed by atoms with E-state index >= 15 is 0 Å². The molecule has 0 bridgehead atoms. The minimum Gasteiger partial charge on any atom is -0.388 e. The van der Waals surface area contributed by atoms with E-state index in [2.05, 4.69) is 4.98 Å². The van der Waals surface area contributed by atoms with E-state index in [0.717, 1.165) is 12.1 Å². The molecule has 0 atom stereocenters. The minimum absolute atomic E-state index is 0. The molecule has 0 fully saturated rings. The first-order chi connectivity index (χ1) is 5.29. The molecule has 0 saturated heterocycles. The number of hydrogen-bond donors (Lipinski definition) is 2. The summed E-state index contributed by atoms with van der Waals surface area (Å²) in [6, 6.07) is 5.74. The van der Waals surface area contributed by atoms with Gasteiger partial charge < -0.3 is 5.73 Å². The predicted octanol–water partition coefficient (Wildman–Crippen LogP) is 1.37. The molecule has 0 unspecified atom stereocenters. The highest BCUT2D eigenvalue weighted by atomic mass is 35.5. The van der Waals surface area contributed by atoms with Gasteiger partial charge in [0.15, 0.2) is 0 Å². The Morgan fingerprint density at radius 3 is 2.75 bits per heavy atom. The van der Waals surface area contributed by atoms with Gasteiger partial charge in [-0.1, -0.05) is 6.07 Å². The van der Waals surface area contributed by atoms with Crippen LogP contribution in [0.5, 0.6) is 0 Å². The highest BCUT2D eigenvalue weighted by Crippen LogP contribution is 1.96. The Kier molecular flexibility index (Phi) is 5.04. The lowest BCUT2D eigenvalue weighted by Crippen LogP contribution is -2.10. The van der Waals surface area contributed by atoms with Crippen molar-refractivity contribution in [3.8, 4) is 0 Å². The highest BCUT2D eigenvalue weighted by molar-refractivity contribution is 5.85. The molecule has 66 valence electrons. The monoisotopic (exact) mass is 185 g/mol. The maximum atomic E-state index is 6.99. The van der Waals surface area contributed by atoms with Gasteiger partial charge in [-0.05, 0) is 18.6 Å². The summed E-state index contributed by atoms with van der Waals surface area (Å²) in [6.07, 6.45) is 3.10. The topological polar surface area (TPSA) is 62.8 Å². The van der Waals surface area contributed by atoms with Crippen LogP contribution >= 0.6 is 12.4 Å². The third-order valence-electron chi connectivity index (χ3n) is 1.38. The van der Waals surface area contributed by atoms with Crippen LogP contribution in [-0.2, 0) is 6.42 Å². The first-order valence-electron chi connectivity index (χ1n) is 3.52. The maximum Gasteiger partial charge on any atom is 0.0909 e. The second-order valence-corrected chi connectivity index (χ2v) is 2.35. The summed E-state index contributed by atoms with van der Waals surface area (Å²) < 4.78 is 0. The molecule has 0 amide bonds. The minimum atomic E-state index is 0. The standard InChI is InChI=1S/C8H11N3.ClH/c9-8(10)5-4-7-3-1-2-6-11-7;/h1-3,6H,4-5H2,(H3,9,10);1H. The van der Waals surface area contributed by atoms with E-state index in [1.165, 1.54) is 0 Å². The fourth-order valence-electron chi connectivity index (χ4n) is 0.809. The van der Waals surface area contributed by atoms with Crippen molar-refractivity contribution in [2.24, 2.45) is 5.73 Å². The molecule has 0 spiro atoms. The molecule has 3 nitrogen and oxygen atoms in total. The quantitative estimate of drug-likeness (QED) is 0.552. The van der Waals surface area contributed by atoms with Crippen molar-refractivity contribution in [2.45, 2.75) is 12.8 Å². The van der Waals surface area contributed by atoms with Gasteiger partial charge in [-0.25, -0.2) is 0 Å². The SMILES string of the molecule is Cl.N=C(N)CCc1ccccn1. The van der Waals surface area contributed by atoms with E-state index in [-0.39, 0.29) is 18.2 Å². The van der Waals surface area contributed by atoms with Crippen molar-refractivity contribution in [1.82, 2.24) is 4.98 Å². The Labute approximate surface area is 77.9 Å². The predicted molar refractivity (Wildman–Crippen MR) is 51.7 cm³/mol. The van der Waals surface area contributed by atoms with Gasteiger partial charge in [0, 0.05) is 18.3 Å². The van der Waals surface area contributed by atoms with Crippen LogP contribution in [0.4, 0.5) is 0 Å². The molecular formula is C8H12ClN3. The van der Waals surface area contributed by atoms with E-state index in [1.54, 1.807) is 6.20 Å². The summed E-state index contributed by atoms with van der Waals surface area (Å²) in [6.45, 7) is 0. The molecule has 0 aliphatic carbocycles. The molecule has 0 saturated carbocycles. The van der Waals surface area contributed by atoms with Crippen molar-refractivity contribution in [1.29, 1.82) is 5.41 Å². The van der Waals surface area contributed by atoms with Crippen LogP contribution < -0.4 is 5.73 Å². The number of rotatable bonds is 3. The molecule has 1 rings (SSSR count). The molecule has 3 N–H and O–H groups in total. The number of nitrogens with one attached hydrogen (secondary N) is 1. The average molecular weight is 186 g/mol. The molecule has 0 aromatic carbocycles. The Bertz CT molecular complexity index is 235. The van der Waals surface area contributed by atoms with Crippen LogP contribution in [0.1, 0.15) is 12.1 Å². The van der Waals surface area contributed by atoms with Gasteiger partial charge in [0.1, 0.15) is 0 Å². The summed E-state index contributed by atoms with van der Waals surface area (Å²) in [4.78, 5) is 4.10. The number of nitrogens with zero attached hydrogens (tertiary/aromatic N) is 1. The van der Waals surface area contributed by atoms with Gasteiger partial charge in [0.25, 0.3) is 0 Å². The Balaban J connectivity index is 0.00000121. The number of pyridine rings is 1. The van der Waals surface area contributed by atoms with Crippen molar-refractivity contribution >= 4 is 18.2 Å². The lowest BCUT2D eigenvalue weighted by atomic mass is 10.2. The molecule has 12 heavy (non-hydrogen) atoms. The fourth-order valence-corrected chi connectivity index (χ4v) is 0.809. The van der Waals surface area contributed by atoms with Gasteiger partial charge in [0.2, 0.25) is 0 Å². The summed E-state index contributed by atoms with van der Waals surface area (Å²) in [5, 5.41) is 6.99. The van der Waals surface area contributed by atoms with Crippen molar-refractivity contribution in [3.05, 3.63) is 30.1 Å². The molecule has 0 radical (unpaired) electrons. The van der Waals surface area contributed by atoms with Crippen molar-refractivity contribution < 1.29 is 0 Å². The normalized spacial score (nSPS) is 8.67. The Morgan fingerprint density at radius 2 is 2.25 bits per heavy atom. The zero-order valence-corrected chi connectivity index (χ0v) is 7.47. The van der Waals surface area contributed by atoms with E-state index in [4.69, 9.17) is 11.1 Å². The average Bonchev–Trinajstić information content (AvgIpc) is 2.03. The summed E-state index contributed by atoms with van der Waals surface area (Å²) in [5.74, 6) is 0.218. The van der Waals surface area contributed by atoms with Crippen LogP contribution in [0.15, 0.2) is 24.4 Å². The largest absolute Gasteiger partial charge is 0.388 e. The van der Waals surface area contributed by atoms with Gasteiger partial charge in [-0.15, -0.1) is 12.4 Å². The smallest absolute Gasteiger partial charge is 0.0909 e. The number of aryl methyl sites for hydroxylation is 1. The van der Waals surface area contributed by atoms with Gasteiger partial charge >= 0.3 is 0 Å². The summed E-state index contributed by atoms with van der Waals surface area (Å²) in [7, 11) is 0. The summed E-state index contributed by atoms with van der Waals surface area (Å²) in [5.41, 5.74) is 6.18. The first kappa shape index (κ1) is 10.9. The second kappa shape index (κ2) is 5.55. The van der Waals surface area contributed by atoms with E-state index in [1.807, 2.05) is 18.2 Å². The van der Waals surface area contributed by atoms with E-state index in [0.29, 0.717) is 6.42 Å². The molecule has 1 aromatic heterocycles. The van der Waals surface area contributed by atoms with Crippen molar-refractivity contribution in [3.63, 3.8) is 0 Å². The van der Waals surface area contributed by atoms with Gasteiger partial charge in [-0.2, -0.15) is 0 Å². The third-order valence-corrected chi connectivity index (χ3v) is 1.38.